The van der Waals surface area contributed by atoms with Crippen LogP contribution >= 0.6 is 7.82 Å². The number of carbonyl (C=O) groups excluding carboxylic acids is 3. The summed E-state index contributed by atoms with van der Waals surface area (Å²) in [4.78, 5) is 49.7. The highest BCUT2D eigenvalue weighted by atomic mass is 31.2. The first-order valence-corrected chi connectivity index (χ1v) is 26.8. The molecule has 1 saturated heterocycles. The molecular formula is C49H87O17P. The third-order valence-corrected chi connectivity index (χ3v) is 13.7. The van der Waals surface area contributed by atoms with Crippen molar-refractivity contribution in [3.8, 4) is 0 Å². The Hall–Kier alpha value is -2.12. The molecule has 18 heteroatoms. The summed E-state index contributed by atoms with van der Waals surface area (Å²) in [6, 6.07) is 0. The van der Waals surface area contributed by atoms with Gasteiger partial charge in [-0.15, -0.1) is 0 Å². The lowest BCUT2D eigenvalue weighted by Crippen LogP contribution is -2.56. The molecule has 1 unspecified atom stereocenters. The Morgan fingerprint density at radius 1 is 0.731 bits per heavy atom. The van der Waals surface area contributed by atoms with Crippen molar-refractivity contribution < 1.29 is 83.2 Å². The smallest absolute Gasteiger partial charge is 0.462 e. The Morgan fingerprint density at radius 3 is 1.94 bits per heavy atom. The lowest BCUT2D eigenvalue weighted by molar-refractivity contribution is -0.168. The van der Waals surface area contributed by atoms with E-state index in [9.17, 15) is 64.7 Å². The molecule has 13 atom stereocenters. The number of aliphatic hydroxyl groups is 8. The van der Waals surface area contributed by atoms with Gasteiger partial charge in [-0.05, 0) is 51.4 Å². The van der Waals surface area contributed by atoms with Crippen molar-refractivity contribution in [1.82, 2.24) is 0 Å². The van der Waals surface area contributed by atoms with E-state index in [1.807, 2.05) is 6.92 Å². The van der Waals surface area contributed by atoms with E-state index in [0.29, 0.717) is 19.3 Å². The van der Waals surface area contributed by atoms with Gasteiger partial charge < -0.3 is 55.2 Å². The van der Waals surface area contributed by atoms with Crippen molar-refractivity contribution >= 4 is 25.5 Å². The number of aliphatic hydroxyl groups excluding tert-OH is 8. The number of allylic oxidation sites excluding steroid dienone is 2. The van der Waals surface area contributed by atoms with Crippen LogP contribution in [0.15, 0.2) is 24.3 Å². The molecule has 0 aromatic carbocycles. The molecule has 17 nitrogen and oxygen atoms in total. The second-order valence-corrected chi connectivity index (χ2v) is 20.0. The summed E-state index contributed by atoms with van der Waals surface area (Å²) in [6.45, 7) is 2.73. The Labute approximate surface area is 399 Å². The second-order valence-electron chi connectivity index (χ2n) is 18.6. The zero-order valence-electron chi connectivity index (χ0n) is 40.3. The van der Waals surface area contributed by atoms with Crippen molar-refractivity contribution in [2.45, 2.75) is 242 Å². The summed E-state index contributed by atoms with van der Waals surface area (Å²) in [5.74, 6) is -5.00. The summed E-state index contributed by atoms with van der Waals surface area (Å²) in [6.07, 6.45) is 5.34. The van der Waals surface area contributed by atoms with Gasteiger partial charge in [-0.25, -0.2) is 4.57 Å². The molecule has 1 saturated carbocycles. The van der Waals surface area contributed by atoms with E-state index in [1.54, 1.807) is 0 Å². The first-order valence-electron chi connectivity index (χ1n) is 25.3. The predicted molar refractivity (Wildman–Crippen MR) is 251 cm³/mol. The van der Waals surface area contributed by atoms with E-state index in [0.717, 1.165) is 64.2 Å². The molecule has 1 heterocycles. The minimum atomic E-state index is -5.49. The molecular weight excluding hydrogens is 891 g/mol. The van der Waals surface area contributed by atoms with E-state index >= 15 is 0 Å². The number of rotatable bonds is 25. The Kier molecular flexibility index (Phi) is 31.9. The van der Waals surface area contributed by atoms with Gasteiger partial charge in [-0.2, -0.15) is 0 Å². The number of ether oxygens (including phenoxy) is 2. The van der Waals surface area contributed by atoms with Crippen molar-refractivity contribution in [2.75, 3.05) is 13.2 Å². The van der Waals surface area contributed by atoms with Crippen LogP contribution in [0.2, 0.25) is 0 Å². The number of ketones is 1. The molecule has 9 N–H and O–H groups in total. The molecule has 67 heavy (non-hydrogen) atoms. The molecule has 0 radical (unpaired) electrons. The summed E-state index contributed by atoms with van der Waals surface area (Å²) >= 11 is 0. The van der Waals surface area contributed by atoms with Crippen LogP contribution in [0.3, 0.4) is 0 Å². The zero-order chi connectivity index (χ0) is 49.6. The molecule has 0 amide bonds. The maximum atomic E-state index is 13.5. The van der Waals surface area contributed by atoms with Gasteiger partial charge in [0.15, 0.2) is 6.10 Å². The fourth-order valence-corrected chi connectivity index (χ4v) is 9.49. The number of phosphoric acid groups is 1. The lowest BCUT2D eigenvalue weighted by atomic mass is 9.82. The maximum Gasteiger partial charge on any atom is 0.472 e. The molecule has 2 bridgehead atoms. The molecule has 1 aliphatic carbocycles. The van der Waals surface area contributed by atoms with Crippen LogP contribution in [0.1, 0.15) is 181 Å². The summed E-state index contributed by atoms with van der Waals surface area (Å²) in [5, 5.41) is 90.0. The second kappa shape index (κ2) is 35.1. The van der Waals surface area contributed by atoms with Crippen molar-refractivity contribution in [1.29, 1.82) is 0 Å². The SMILES string of the molecule is CCCCCCCC/C=C\CCCCCCCCCC(=O)OC[C@@H]1COP(=O)(O)O[C@H]2[C@H](O)[C@@H](O)[C@H](O)[C@@H](CC(=O)CCCCC(=O)O1)[C@@H](O)C[C@@H](O)[C@H](/C=C/[C@@H](O)CCCCC)[C@@H](O)[C@H]2O. The van der Waals surface area contributed by atoms with Crippen LogP contribution in [-0.4, -0.2) is 138 Å². The Bertz CT molecular complexity index is 1460. The summed E-state index contributed by atoms with van der Waals surface area (Å²) in [7, 11) is -5.49. The number of Topliss-reactive ketones (excluding diaryl/α,β-unsaturated/α-hetero) is 1. The van der Waals surface area contributed by atoms with E-state index < -0.39 is 124 Å². The fraction of sp³-hybridized carbons (Fsp3) is 0.857. The number of hydrogen-bond donors (Lipinski definition) is 9. The first-order chi connectivity index (χ1) is 32.0. The van der Waals surface area contributed by atoms with E-state index in [4.69, 9.17) is 18.5 Å². The number of unbranched alkanes of at least 4 members (excludes halogenated alkanes) is 15. The van der Waals surface area contributed by atoms with Gasteiger partial charge in [0.1, 0.15) is 36.8 Å². The molecule has 2 fully saturated rings. The van der Waals surface area contributed by atoms with Gasteiger partial charge in [0.05, 0.1) is 37.1 Å². The Morgan fingerprint density at radius 2 is 1.30 bits per heavy atom. The summed E-state index contributed by atoms with van der Waals surface area (Å²) in [5.41, 5.74) is 0. The molecule has 2 rings (SSSR count). The van der Waals surface area contributed by atoms with Gasteiger partial charge in [-0.3, -0.25) is 23.4 Å². The quantitative estimate of drug-likeness (QED) is 0.0221. The van der Waals surface area contributed by atoms with E-state index in [2.05, 4.69) is 19.1 Å². The molecule has 0 aromatic heterocycles. The predicted octanol–water partition coefficient (Wildman–Crippen LogP) is 5.95. The van der Waals surface area contributed by atoms with Crippen LogP contribution < -0.4 is 0 Å². The average molecular weight is 979 g/mol. The van der Waals surface area contributed by atoms with Gasteiger partial charge in [0.25, 0.3) is 0 Å². The topological polar surface area (TPSA) is 287 Å². The van der Waals surface area contributed by atoms with Crippen LogP contribution in [0.4, 0.5) is 0 Å². The summed E-state index contributed by atoms with van der Waals surface area (Å²) < 4.78 is 34.6. The van der Waals surface area contributed by atoms with Crippen molar-refractivity contribution in [3.05, 3.63) is 24.3 Å². The lowest BCUT2D eigenvalue weighted by Gasteiger charge is -2.37. The van der Waals surface area contributed by atoms with E-state index in [1.165, 1.54) is 50.7 Å². The van der Waals surface area contributed by atoms with Crippen LogP contribution in [0, 0.1) is 11.8 Å². The first kappa shape index (κ1) is 61.0. The number of carbonyl (C=O) groups is 3. The normalized spacial score (nSPS) is 31.7. The molecule has 1 aliphatic heterocycles. The third-order valence-electron chi connectivity index (χ3n) is 12.7. The van der Waals surface area contributed by atoms with Gasteiger partial charge in [0, 0.05) is 43.9 Å². The van der Waals surface area contributed by atoms with Crippen LogP contribution in [-0.2, 0) is 37.5 Å². The van der Waals surface area contributed by atoms with Gasteiger partial charge >= 0.3 is 19.8 Å². The number of fused-ring (bicyclic) bond motifs is 4. The molecule has 0 aromatic rings. The van der Waals surface area contributed by atoms with Crippen molar-refractivity contribution in [2.24, 2.45) is 11.8 Å². The monoisotopic (exact) mass is 979 g/mol. The standard InChI is InChI=1S/C49H87O17P/c1-3-5-7-8-9-10-11-12-13-14-15-16-17-18-19-20-22-27-42(54)63-33-37-34-64-67(61,62)66-49-47(59)44(56)38(30-29-35(50)25-21-6-4-2)40(52)32-41(53)39(45(57)46(58)48(49)60)31-36(51)26-23-24-28-43(55)65-37/h12-13,29-30,35,37-41,44-50,52-53,56-60H,3-11,14-28,31-34H2,1-2H3,(H,61,62)/b13-12-,30-29+/t35-,37+,38-,39-,40+,41-,44+,45+,46-,47+,48+,49+/m0/s1. The Balaban J connectivity index is 2.11. The molecule has 0 spiro atoms. The minimum absolute atomic E-state index is 0.0785. The zero-order valence-corrected chi connectivity index (χ0v) is 41.2. The van der Waals surface area contributed by atoms with Gasteiger partial charge in [-0.1, -0.05) is 122 Å². The number of phosphoric ester groups is 1. The van der Waals surface area contributed by atoms with Crippen molar-refractivity contribution in [3.63, 3.8) is 0 Å². The highest BCUT2D eigenvalue weighted by Gasteiger charge is 2.49. The number of cyclic esters (lactones) is 1. The average Bonchev–Trinajstić information content (AvgIpc) is 3.29. The molecule has 2 aliphatic rings. The highest BCUT2D eigenvalue weighted by Crippen LogP contribution is 2.47. The van der Waals surface area contributed by atoms with Gasteiger partial charge in [0.2, 0.25) is 0 Å². The number of esters is 2. The van der Waals surface area contributed by atoms with E-state index in [-0.39, 0.29) is 32.1 Å². The van der Waals surface area contributed by atoms with Crippen LogP contribution in [0.25, 0.3) is 0 Å². The third kappa shape index (κ3) is 25.5. The molecule has 390 valence electrons. The minimum Gasteiger partial charge on any atom is -0.462 e. The van der Waals surface area contributed by atoms with Crippen LogP contribution in [0.5, 0.6) is 0 Å². The maximum absolute atomic E-state index is 13.5. The fourth-order valence-electron chi connectivity index (χ4n) is 8.52. The highest BCUT2D eigenvalue weighted by molar-refractivity contribution is 7.47. The largest absolute Gasteiger partial charge is 0.472 e. The number of hydrogen-bond acceptors (Lipinski definition) is 16.